The van der Waals surface area contributed by atoms with E-state index in [-0.39, 0.29) is 31.8 Å². The number of anilines is 1. The SMILES string of the molecule is Cc1ccc(NC(=O)[C@@H](C)OC(=O)CCCN2C(=O)CNC2=O)c(C)c1. The Balaban J connectivity index is 1.76. The van der Waals surface area contributed by atoms with E-state index in [2.05, 4.69) is 10.6 Å². The molecule has 8 heteroatoms. The molecule has 2 N–H and O–H groups in total. The summed E-state index contributed by atoms with van der Waals surface area (Å²) in [5.41, 5.74) is 2.68. The number of urea groups is 1. The number of nitrogens with one attached hydrogen (secondary N) is 2. The van der Waals surface area contributed by atoms with Gasteiger partial charge in [-0.1, -0.05) is 17.7 Å². The van der Waals surface area contributed by atoms with Crippen molar-refractivity contribution >= 4 is 29.5 Å². The van der Waals surface area contributed by atoms with Crippen molar-refractivity contribution in [3.63, 3.8) is 0 Å². The van der Waals surface area contributed by atoms with E-state index in [9.17, 15) is 19.2 Å². The Morgan fingerprint density at radius 2 is 2.04 bits per heavy atom. The second-order valence-corrected chi connectivity index (χ2v) is 6.25. The number of benzene rings is 1. The number of nitrogens with zero attached hydrogens (tertiary/aromatic N) is 1. The van der Waals surface area contributed by atoms with Gasteiger partial charge in [-0.05, 0) is 38.8 Å². The fourth-order valence-corrected chi connectivity index (χ4v) is 2.56. The van der Waals surface area contributed by atoms with Crippen LogP contribution in [-0.4, -0.2) is 47.9 Å². The number of imide groups is 1. The molecule has 1 atom stereocenters. The van der Waals surface area contributed by atoms with Gasteiger partial charge in [0.1, 0.15) is 0 Å². The van der Waals surface area contributed by atoms with E-state index in [4.69, 9.17) is 4.74 Å². The van der Waals surface area contributed by atoms with E-state index in [0.29, 0.717) is 5.69 Å². The second kappa shape index (κ2) is 8.46. The van der Waals surface area contributed by atoms with E-state index in [1.54, 1.807) is 6.07 Å². The van der Waals surface area contributed by atoms with Crippen molar-refractivity contribution in [1.82, 2.24) is 10.2 Å². The number of carbonyl (C=O) groups excluding carboxylic acids is 4. The van der Waals surface area contributed by atoms with Gasteiger partial charge in [-0.15, -0.1) is 0 Å². The molecule has 1 aromatic carbocycles. The molecular weight excluding hydrogens is 338 g/mol. The van der Waals surface area contributed by atoms with Gasteiger partial charge in [-0.25, -0.2) is 4.79 Å². The molecule has 140 valence electrons. The van der Waals surface area contributed by atoms with Crippen molar-refractivity contribution in [3.05, 3.63) is 29.3 Å². The molecule has 1 heterocycles. The van der Waals surface area contributed by atoms with Crippen LogP contribution in [0.1, 0.15) is 30.9 Å². The minimum atomic E-state index is -0.945. The van der Waals surface area contributed by atoms with E-state index < -0.39 is 24.0 Å². The monoisotopic (exact) mass is 361 g/mol. The zero-order chi connectivity index (χ0) is 19.3. The first-order chi connectivity index (χ1) is 12.3. The molecular formula is C18H23N3O5. The summed E-state index contributed by atoms with van der Waals surface area (Å²) in [5, 5.41) is 5.14. The van der Waals surface area contributed by atoms with Crippen molar-refractivity contribution in [1.29, 1.82) is 0 Å². The fourth-order valence-electron chi connectivity index (χ4n) is 2.56. The van der Waals surface area contributed by atoms with Crippen molar-refractivity contribution < 1.29 is 23.9 Å². The Hall–Kier alpha value is -2.90. The smallest absolute Gasteiger partial charge is 0.324 e. The Morgan fingerprint density at radius 3 is 2.65 bits per heavy atom. The van der Waals surface area contributed by atoms with Crippen molar-refractivity contribution in [2.75, 3.05) is 18.4 Å². The first kappa shape index (κ1) is 19.4. The summed E-state index contributed by atoms with van der Waals surface area (Å²) in [4.78, 5) is 47.9. The highest BCUT2D eigenvalue weighted by atomic mass is 16.5. The third-order valence-corrected chi connectivity index (χ3v) is 4.02. The van der Waals surface area contributed by atoms with Gasteiger partial charge in [0.2, 0.25) is 5.91 Å². The number of hydrogen-bond acceptors (Lipinski definition) is 5. The molecule has 0 aliphatic carbocycles. The summed E-state index contributed by atoms with van der Waals surface area (Å²) < 4.78 is 5.11. The molecule has 1 aliphatic heterocycles. The molecule has 1 saturated heterocycles. The lowest BCUT2D eigenvalue weighted by Crippen LogP contribution is -2.33. The number of ether oxygens (including phenoxy) is 1. The third kappa shape index (κ3) is 5.05. The summed E-state index contributed by atoms with van der Waals surface area (Å²) >= 11 is 0. The summed E-state index contributed by atoms with van der Waals surface area (Å²) in [7, 11) is 0. The van der Waals surface area contributed by atoms with Crippen LogP contribution in [0.3, 0.4) is 0 Å². The maximum atomic E-state index is 12.2. The van der Waals surface area contributed by atoms with Crippen LogP contribution in [0.25, 0.3) is 0 Å². The van der Waals surface area contributed by atoms with E-state index in [1.165, 1.54) is 6.92 Å². The lowest BCUT2D eigenvalue weighted by atomic mass is 10.1. The molecule has 0 aromatic heterocycles. The summed E-state index contributed by atoms with van der Waals surface area (Å²) in [6, 6.07) is 5.18. The molecule has 26 heavy (non-hydrogen) atoms. The van der Waals surface area contributed by atoms with Crippen LogP contribution in [0.5, 0.6) is 0 Å². The minimum absolute atomic E-state index is 0.0121. The van der Waals surface area contributed by atoms with Gasteiger partial charge in [0.25, 0.3) is 5.91 Å². The van der Waals surface area contributed by atoms with Gasteiger partial charge >= 0.3 is 12.0 Å². The van der Waals surface area contributed by atoms with Crippen molar-refractivity contribution in [2.45, 2.75) is 39.7 Å². The number of esters is 1. The number of carbonyl (C=O) groups is 4. The summed E-state index contributed by atoms with van der Waals surface area (Å²) in [5.74, 6) is -1.29. The first-order valence-corrected chi connectivity index (χ1v) is 8.43. The molecule has 1 aromatic rings. The molecule has 2 rings (SSSR count). The van der Waals surface area contributed by atoms with Gasteiger partial charge in [0, 0.05) is 18.7 Å². The van der Waals surface area contributed by atoms with Gasteiger partial charge in [-0.3, -0.25) is 19.3 Å². The second-order valence-electron chi connectivity index (χ2n) is 6.25. The topological polar surface area (TPSA) is 105 Å². The predicted octanol–water partition coefficient (Wildman–Crippen LogP) is 1.51. The average molecular weight is 361 g/mol. The molecule has 0 bridgehead atoms. The highest BCUT2D eigenvalue weighted by Crippen LogP contribution is 2.16. The van der Waals surface area contributed by atoms with Gasteiger partial charge in [0.05, 0.1) is 6.54 Å². The van der Waals surface area contributed by atoms with Crippen LogP contribution < -0.4 is 10.6 Å². The molecule has 4 amide bonds. The van der Waals surface area contributed by atoms with Gasteiger partial charge in [0.15, 0.2) is 6.10 Å². The Labute approximate surface area is 151 Å². The van der Waals surface area contributed by atoms with E-state index >= 15 is 0 Å². The van der Waals surface area contributed by atoms with Gasteiger partial charge in [-0.2, -0.15) is 0 Å². The quantitative estimate of drug-likeness (QED) is 0.566. The Bertz CT molecular complexity index is 716. The van der Waals surface area contributed by atoms with E-state index in [1.807, 2.05) is 26.0 Å². The van der Waals surface area contributed by atoms with Gasteiger partial charge < -0.3 is 15.4 Å². The number of amides is 4. The standard InChI is InChI=1S/C18H23N3O5/c1-11-6-7-14(12(2)9-11)20-17(24)13(3)26-16(23)5-4-8-21-15(22)10-19-18(21)25/h6-7,9,13H,4-5,8,10H2,1-3H3,(H,19,25)(H,20,24)/t13-/m1/s1. The largest absolute Gasteiger partial charge is 0.453 e. The summed E-state index contributed by atoms with van der Waals surface area (Å²) in [6.45, 7) is 5.47. The maximum Gasteiger partial charge on any atom is 0.324 e. The van der Waals surface area contributed by atoms with Crippen LogP contribution in [0, 0.1) is 13.8 Å². The highest BCUT2D eigenvalue weighted by molar-refractivity contribution is 6.02. The molecule has 1 aliphatic rings. The highest BCUT2D eigenvalue weighted by Gasteiger charge is 2.28. The average Bonchev–Trinajstić information content (AvgIpc) is 2.89. The van der Waals surface area contributed by atoms with E-state index in [0.717, 1.165) is 16.0 Å². The Kier molecular flexibility index (Phi) is 6.32. The lowest BCUT2D eigenvalue weighted by Gasteiger charge is -2.16. The Morgan fingerprint density at radius 1 is 1.31 bits per heavy atom. The number of aryl methyl sites for hydroxylation is 2. The number of rotatable bonds is 7. The predicted molar refractivity (Wildman–Crippen MR) is 94.4 cm³/mol. The van der Waals surface area contributed by atoms with Crippen LogP contribution in [-0.2, 0) is 19.1 Å². The van der Waals surface area contributed by atoms with Crippen LogP contribution in [0.15, 0.2) is 18.2 Å². The van der Waals surface area contributed by atoms with Crippen LogP contribution >= 0.6 is 0 Å². The molecule has 0 spiro atoms. The van der Waals surface area contributed by atoms with Crippen LogP contribution in [0.4, 0.5) is 10.5 Å². The zero-order valence-electron chi connectivity index (χ0n) is 15.1. The van der Waals surface area contributed by atoms with Crippen LogP contribution in [0.2, 0.25) is 0 Å². The zero-order valence-corrected chi connectivity index (χ0v) is 15.1. The molecule has 0 radical (unpaired) electrons. The number of hydrogen-bond donors (Lipinski definition) is 2. The first-order valence-electron chi connectivity index (χ1n) is 8.43. The molecule has 0 unspecified atom stereocenters. The van der Waals surface area contributed by atoms with Crippen molar-refractivity contribution in [2.24, 2.45) is 0 Å². The van der Waals surface area contributed by atoms with Crippen molar-refractivity contribution in [3.8, 4) is 0 Å². The maximum absolute atomic E-state index is 12.2. The molecule has 1 fully saturated rings. The minimum Gasteiger partial charge on any atom is -0.453 e. The molecule has 8 nitrogen and oxygen atoms in total. The lowest BCUT2D eigenvalue weighted by molar-refractivity contribution is -0.153. The normalized spacial score (nSPS) is 14.8. The third-order valence-electron chi connectivity index (χ3n) is 4.02. The summed E-state index contributed by atoms with van der Waals surface area (Å²) in [6.07, 6.45) is -0.651. The fraction of sp³-hybridized carbons (Fsp3) is 0.444. The molecule has 0 saturated carbocycles.